The molecular formula is C8H17NO2. The van der Waals surface area contributed by atoms with Gasteiger partial charge in [0.2, 0.25) is 0 Å². The van der Waals surface area contributed by atoms with E-state index in [1.807, 2.05) is 20.8 Å². The topological polar surface area (TPSA) is 41.5 Å². The molecule has 0 aromatic heterocycles. The number of aliphatic hydroxyl groups is 1. The second kappa shape index (κ2) is 3.09. The predicted molar refractivity (Wildman–Crippen MR) is 43.5 cm³/mol. The average molecular weight is 159 g/mol. The summed E-state index contributed by atoms with van der Waals surface area (Å²) in [6.07, 6.45) is -0.371. The molecule has 0 spiro atoms. The van der Waals surface area contributed by atoms with E-state index in [-0.39, 0.29) is 17.8 Å². The third kappa shape index (κ3) is 2.77. The van der Waals surface area contributed by atoms with Crippen LogP contribution < -0.4 is 5.32 Å². The molecule has 1 aliphatic rings. The SMILES string of the molecule is CC(C)(C)O[C@@H]1CNC[C@H]1O. The fraction of sp³-hybridized carbons (Fsp3) is 1.00. The minimum absolute atomic E-state index is 0.0324. The van der Waals surface area contributed by atoms with Gasteiger partial charge < -0.3 is 15.2 Å². The molecule has 1 heterocycles. The van der Waals surface area contributed by atoms with E-state index in [1.165, 1.54) is 0 Å². The van der Waals surface area contributed by atoms with Gasteiger partial charge in [-0.3, -0.25) is 0 Å². The number of hydrogen-bond donors (Lipinski definition) is 2. The highest BCUT2D eigenvalue weighted by Gasteiger charge is 2.29. The maximum Gasteiger partial charge on any atom is 0.0977 e. The van der Waals surface area contributed by atoms with Gasteiger partial charge in [-0.1, -0.05) is 0 Å². The molecule has 2 atom stereocenters. The van der Waals surface area contributed by atoms with Crippen molar-refractivity contribution in [2.24, 2.45) is 0 Å². The first-order valence-corrected chi connectivity index (χ1v) is 4.05. The van der Waals surface area contributed by atoms with E-state index in [0.717, 1.165) is 6.54 Å². The van der Waals surface area contributed by atoms with Crippen molar-refractivity contribution in [1.29, 1.82) is 0 Å². The van der Waals surface area contributed by atoms with E-state index in [4.69, 9.17) is 4.74 Å². The summed E-state index contributed by atoms with van der Waals surface area (Å²) in [4.78, 5) is 0. The van der Waals surface area contributed by atoms with Gasteiger partial charge in [0.15, 0.2) is 0 Å². The minimum Gasteiger partial charge on any atom is -0.389 e. The molecule has 0 bridgehead atoms. The maximum atomic E-state index is 9.36. The first kappa shape index (κ1) is 8.97. The molecule has 1 fully saturated rings. The third-order valence-electron chi connectivity index (χ3n) is 1.63. The van der Waals surface area contributed by atoms with Gasteiger partial charge in [-0.25, -0.2) is 0 Å². The lowest BCUT2D eigenvalue weighted by Gasteiger charge is -2.26. The molecule has 0 saturated carbocycles. The van der Waals surface area contributed by atoms with E-state index >= 15 is 0 Å². The molecule has 11 heavy (non-hydrogen) atoms. The standard InChI is InChI=1S/C8H17NO2/c1-8(2,3)11-7-5-9-4-6(7)10/h6-7,9-10H,4-5H2,1-3H3/t6-,7-/m1/s1. The second-order valence-electron chi connectivity index (χ2n) is 3.99. The Balaban J connectivity index is 2.37. The van der Waals surface area contributed by atoms with Crippen LogP contribution in [0.5, 0.6) is 0 Å². The summed E-state index contributed by atoms with van der Waals surface area (Å²) in [7, 11) is 0. The lowest BCUT2D eigenvalue weighted by atomic mass is 10.1. The molecule has 3 nitrogen and oxygen atoms in total. The van der Waals surface area contributed by atoms with Crippen LogP contribution in [0, 0.1) is 0 Å². The Kier molecular flexibility index (Phi) is 2.52. The molecule has 1 saturated heterocycles. The van der Waals surface area contributed by atoms with Gasteiger partial charge in [0.1, 0.15) is 0 Å². The largest absolute Gasteiger partial charge is 0.389 e. The first-order chi connectivity index (χ1) is 4.99. The van der Waals surface area contributed by atoms with Crippen LogP contribution in [-0.4, -0.2) is 36.0 Å². The summed E-state index contributed by atoms with van der Waals surface area (Å²) in [5.74, 6) is 0. The summed E-state index contributed by atoms with van der Waals surface area (Å²) in [6, 6.07) is 0. The van der Waals surface area contributed by atoms with E-state index in [0.29, 0.717) is 6.54 Å². The van der Waals surface area contributed by atoms with Crippen LogP contribution >= 0.6 is 0 Å². The van der Waals surface area contributed by atoms with Gasteiger partial charge >= 0.3 is 0 Å². The monoisotopic (exact) mass is 159 g/mol. The van der Waals surface area contributed by atoms with Gasteiger partial charge in [0.05, 0.1) is 17.8 Å². The van der Waals surface area contributed by atoms with Crippen molar-refractivity contribution in [2.75, 3.05) is 13.1 Å². The van der Waals surface area contributed by atoms with Crippen LogP contribution in [0.25, 0.3) is 0 Å². The number of β-amino-alcohol motifs (C(OH)–C–C–N with tert-alkyl or cyclic N) is 1. The van der Waals surface area contributed by atoms with Crippen LogP contribution in [0.1, 0.15) is 20.8 Å². The summed E-state index contributed by atoms with van der Waals surface area (Å²) in [6.45, 7) is 7.41. The normalized spacial score (nSPS) is 32.7. The molecule has 1 rings (SSSR count). The number of ether oxygens (including phenoxy) is 1. The van der Waals surface area contributed by atoms with Crippen molar-refractivity contribution < 1.29 is 9.84 Å². The first-order valence-electron chi connectivity index (χ1n) is 4.05. The summed E-state index contributed by atoms with van der Waals surface area (Å²) in [5.41, 5.74) is -0.155. The van der Waals surface area contributed by atoms with Crippen LogP contribution in [-0.2, 0) is 4.74 Å². The lowest BCUT2D eigenvalue weighted by Crippen LogP contribution is -2.35. The molecule has 3 heteroatoms. The van der Waals surface area contributed by atoms with E-state index in [2.05, 4.69) is 5.32 Å². The molecule has 0 radical (unpaired) electrons. The fourth-order valence-corrected chi connectivity index (χ4v) is 1.22. The Morgan fingerprint density at radius 1 is 1.36 bits per heavy atom. The molecule has 0 unspecified atom stereocenters. The van der Waals surface area contributed by atoms with Crippen molar-refractivity contribution in [1.82, 2.24) is 5.32 Å². The van der Waals surface area contributed by atoms with Gasteiger partial charge in [-0.2, -0.15) is 0 Å². The zero-order valence-electron chi connectivity index (χ0n) is 7.42. The van der Waals surface area contributed by atoms with Crippen molar-refractivity contribution in [2.45, 2.75) is 38.6 Å². The molecule has 0 aromatic rings. The molecule has 0 aliphatic carbocycles. The Bertz CT molecular complexity index is 131. The lowest BCUT2D eigenvalue weighted by molar-refractivity contribution is -0.0899. The van der Waals surface area contributed by atoms with E-state index in [9.17, 15) is 5.11 Å². The van der Waals surface area contributed by atoms with Gasteiger partial charge in [-0.15, -0.1) is 0 Å². The molecular weight excluding hydrogens is 142 g/mol. The Labute approximate surface area is 67.7 Å². The highest BCUT2D eigenvalue weighted by molar-refractivity contribution is 4.83. The number of aliphatic hydroxyl groups excluding tert-OH is 1. The van der Waals surface area contributed by atoms with E-state index < -0.39 is 0 Å². The molecule has 1 aliphatic heterocycles. The Morgan fingerprint density at radius 2 is 2.00 bits per heavy atom. The van der Waals surface area contributed by atoms with Crippen molar-refractivity contribution in [3.8, 4) is 0 Å². The average Bonchev–Trinajstić information content (AvgIpc) is 2.12. The number of rotatable bonds is 1. The fourth-order valence-electron chi connectivity index (χ4n) is 1.22. The summed E-state index contributed by atoms with van der Waals surface area (Å²) in [5, 5.41) is 12.4. The van der Waals surface area contributed by atoms with Crippen molar-refractivity contribution in [3.05, 3.63) is 0 Å². The van der Waals surface area contributed by atoms with Crippen molar-refractivity contribution >= 4 is 0 Å². The zero-order chi connectivity index (χ0) is 8.48. The maximum absolute atomic E-state index is 9.36. The molecule has 2 N–H and O–H groups in total. The molecule has 66 valence electrons. The molecule has 0 amide bonds. The van der Waals surface area contributed by atoms with Gasteiger partial charge in [0, 0.05) is 13.1 Å². The predicted octanol–water partition coefficient (Wildman–Crippen LogP) is 0.134. The third-order valence-corrected chi connectivity index (χ3v) is 1.63. The Hall–Kier alpha value is -0.120. The van der Waals surface area contributed by atoms with Crippen LogP contribution in [0.3, 0.4) is 0 Å². The van der Waals surface area contributed by atoms with Crippen molar-refractivity contribution in [3.63, 3.8) is 0 Å². The highest BCUT2D eigenvalue weighted by atomic mass is 16.5. The Morgan fingerprint density at radius 3 is 2.36 bits per heavy atom. The second-order valence-corrected chi connectivity index (χ2v) is 3.99. The highest BCUT2D eigenvalue weighted by Crippen LogP contribution is 2.15. The van der Waals surface area contributed by atoms with Crippen LogP contribution in [0.2, 0.25) is 0 Å². The smallest absolute Gasteiger partial charge is 0.0977 e. The number of nitrogens with one attached hydrogen (secondary N) is 1. The molecule has 0 aromatic carbocycles. The van der Waals surface area contributed by atoms with E-state index in [1.54, 1.807) is 0 Å². The quantitative estimate of drug-likeness (QED) is 0.571. The minimum atomic E-state index is -0.339. The van der Waals surface area contributed by atoms with Crippen LogP contribution in [0.4, 0.5) is 0 Å². The van der Waals surface area contributed by atoms with Gasteiger partial charge in [-0.05, 0) is 20.8 Å². The van der Waals surface area contributed by atoms with Gasteiger partial charge in [0.25, 0.3) is 0 Å². The zero-order valence-corrected chi connectivity index (χ0v) is 7.42. The van der Waals surface area contributed by atoms with Crippen LogP contribution in [0.15, 0.2) is 0 Å². The summed E-state index contributed by atoms with van der Waals surface area (Å²) < 4.78 is 5.60. The summed E-state index contributed by atoms with van der Waals surface area (Å²) >= 11 is 0. The number of hydrogen-bond acceptors (Lipinski definition) is 3.